The number of nitrogens with one attached hydrogen (secondary N) is 1. The Bertz CT molecular complexity index is 961. The molecular formula is C20H26N6O2. The van der Waals surface area contributed by atoms with Crippen molar-refractivity contribution in [3.63, 3.8) is 0 Å². The Balaban J connectivity index is 1.71. The number of fused-ring (bicyclic) bond motifs is 1. The van der Waals surface area contributed by atoms with Crippen LogP contribution in [0.25, 0.3) is 22.4 Å². The first-order valence-corrected chi connectivity index (χ1v) is 10.0. The number of aryl methyl sites for hydroxylation is 1. The molecule has 5 rings (SSSR count). The van der Waals surface area contributed by atoms with Crippen LogP contribution in [-0.2, 0) is 16.5 Å². The van der Waals surface area contributed by atoms with Crippen molar-refractivity contribution in [1.82, 2.24) is 25.0 Å². The van der Waals surface area contributed by atoms with Crippen molar-refractivity contribution < 1.29 is 9.47 Å². The van der Waals surface area contributed by atoms with E-state index in [1.807, 2.05) is 17.8 Å². The third kappa shape index (κ3) is 2.97. The number of nitrogens with zero attached hydrogens (tertiary/aromatic N) is 5. The Hall–Kier alpha value is -2.45. The lowest BCUT2D eigenvalue weighted by molar-refractivity contribution is 0.0855. The molecule has 3 aromatic heterocycles. The van der Waals surface area contributed by atoms with Crippen LogP contribution in [-0.4, -0.2) is 64.0 Å². The van der Waals surface area contributed by atoms with Gasteiger partial charge in [-0.25, -0.2) is 4.98 Å². The lowest BCUT2D eigenvalue weighted by atomic mass is 9.90. The van der Waals surface area contributed by atoms with Crippen LogP contribution in [0.4, 0.5) is 5.82 Å². The van der Waals surface area contributed by atoms with Gasteiger partial charge in [0.2, 0.25) is 0 Å². The molecular weight excluding hydrogens is 356 g/mol. The van der Waals surface area contributed by atoms with Crippen LogP contribution in [0, 0.1) is 0 Å². The van der Waals surface area contributed by atoms with E-state index in [4.69, 9.17) is 19.6 Å². The summed E-state index contributed by atoms with van der Waals surface area (Å²) in [6.07, 6.45) is 3.81. The maximum absolute atomic E-state index is 5.64. The first-order valence-electron chi connectivity index (χ1n) is 10.0. The largest absolute Gasteiger partial charge is 0.381 e. The van der Waals surface area contributed by atoms with Gasteiger partial charge in [0.15, 0.2) is 0 Å². The number of rotatable bonds is 3. The molecule has 0 saturated carbocycles. The highest BCUT2D eigenvalue weighted by molar-refractivity contribution is 5.92. The number of anilines is 1. The second-order valence-electron chi connectivity index (χ2n) is 7.71. The number of H-pyrrole nitrogens is 1. The van der Waals surface area contributed by atoms with E-state index < -0.39 is 0 Å². The van der Waals surface area contributed by atoms with E-state index in [1.54, 1.807) is 6.20 Å². The summed E-state index contributed by atoms with van der Waals surface area (Å²) in [6, 6.07) is 4.52. The number of aromatic amines is 1. The van der Waals surface area contributed by atoms with E-state index >= 15 is 0 Å². The molecule has 148 valence electrons. The Morgan fingerprint density at radius 1 is 1.18 bits per heavy atom. The summed E-state index contributed by atoms with van der Waals surface area (Å²) in [6.45, 7) is 6.13. The molecule has 8 nitrogen and oxygen atoms in total. The highest BCUT2D eigenvalue weighted by Gasteiger charge is 2.27. The summed E-state index contributed by atoms with van der Waals surface area (Å²) in [5, 5.41) is 12.0. The summed E-state index contributed by atoms with van der Waals surface area (Å²) >= 11 is 0. The molecule has 0 bridgehead atoms. The van der Waals surface area contributed by atoms with Crippen molar-refractivity contribution in [3.05, 3.63) is 23.9 Å². The maximum atomic E-state index is 5.64. The Morgan fingerprint density at radius 2 is 2.04 bits per heavy atom. The minimum Gasteiger partial charge on any atom is -0.381 e. The SMILES string of the molecule is CC1COCCN1c1cc(C2CCOCC2)c2c(n1)c(-c1ccn[nH]1)nn2C. The first kappa shape index (κ1) is 17.6. The molecule has 2 aliphatic rings. The number of hydrogen-bond acceptors (Lipinski definition) is 6. The average molecular weight is 382 g/mol. The first-order chi connectivity index (χ1) is 13.7. The third-order valence-electron chi connectivity index (χ3n) is 5.89. The van der Waals surface area contributed by atoms with E-state index in [-0.39, 0.29) is 0 Å². The van der Waals surface area contributed by atoms with Crippen molar-refractivity contribution in [2.75, 3.05) is 37.9 Å². The summed E-state index contributed by atoms with van der Waals surface area (Å²) in [5.74, 6) is 1.47. The van der Waals surface area contributed by atoms with E-state index in [1.165, 1.54) is 5.56 Å². The molecule has 28 heavy (non-hydrogen) atoms. The standard InChI is InChI=1S/C20H26N6O2/c1-13-12-28-10-7-26(13)17-11-15(14-4-8-27-9-5-14)20-19(22-17)18(24-25(20)2)16-3-6-21-23-16/h3,6,11,13-14H,4-5,7-10,12H2,1-2H3,(H,21,23). The molecule has 8 heteroatoms. The van der Waals surface area contributed by atoms with Crippen molar-refractivity contribution in [2.45, 2.75) is 31.7 Å². The topological polar surface area (TPSA) is 81.1 Å². The highest BCUT2D eigenvalue weighted by Crippen LogP contribution is 2.37. The lowest BCUT2D eigenvalue weighted by Gasteiger charge is -2.35. The van der Waals surface area contributed by atoms with Gasteiger partial charge in [0.05, 0.1) is 30.5 Å². The van der Waals surface area contributed by atoms with Crippen LogP contribution in [0.1, 0.15) is 31.2 Å². The fourth-order valence-electron chi connectivity index (χ4n) is 4.40. The van der Waals surface area contributed by atoms with Crippen molar-refractivity contribution in [2.24, 2.45) is 7.05 Å². The summed E-state index contributed by atoms with van der Waals surface area (Å²) in [4.78, 5) is 7.45. The number of hydrogen-bond donors (Lipinski definition) is 1. The van der Waals surface area contributed by atoms with Gasteiger partial charge in [0.25, 0.3) is 0 Å². The van der Waals surface area contributed by atoms with Crippen LogP contribution >= 0.6 is 0 Å². The van der Waals surface area contributed by atoms with Crippen molar-refractivity contribution >= 4 is 16.9 Å². The van der Waals surface area contributed by atoms with Gasteiger partial charge in [-0.05, 0) is 43.4 Å². The van der Waals surface area contributed by atoms with E-state index in [0.717, 1.165) is 74.1 Å². The molecule has 2 aliphatic heterocycles. The fourth-order valence-corrected chi connectivity index (χ4v) is 4.40. The summed E-state index contributed by atoms with van der Waals surface area (Å²) < 4.78 is 13.2. The van der Waals surface area contributed by atoms with Crippen LogP contribution in [0.5, 0.6) is 0 Å². The highest BCUT2D eigenvalue weighted by atomic mass is 16.5. The van der Waals surface area contributed by atoms with Crippen molar-refractivity contribution in [1.29, 1.82) is 0 Å². The molecule has 1 N–H and O–H groups in total. The molecule has 0 amide bonds. The van der Waals surface area contributed by atoms with Crippen LogP contribution < -0.4 is 4.90 Å². The molecule has 1 atom stereocenters. The predicted molar refractivity (Wildman–Crippen MR) is 107 cm³/mol. The number of ether oxygens (including phenoxy) is 2. The fraction of sp³-hybridized carbons (Fsp3) is 0.550. The summed E-state index contributed by atoms with van der Waals surface area (Å²) in [5.41, 5.74) is 5.11. The monoisotopic (exact) mass is 382 g/mol. The molecule has 2 fully saturated rings. The normalized spacial score (nSPS) is 21.5. The molecule has 1 unspecified atom stereocenters. The van der Waals surface area contributed by atoms with E-state index in [9.17, 15) is 0 Å². The Labute approximate surface area is 163 Å². The number of pyridine rings is 1. The molecule has 5 heterocycles. The predicted octanol–water partition coefficient (Wildman–Crippen LogP) is 2.48. The quantitative estimate of drug-likeness (QED) is 0.750. The van der Waals surface area contributed by atoms with Gasteiger partial charge in [0, 0.05) is 33.0 Å². The van der Waals surface area contributed by atoms with Crippen LogP contribution in [0.15, 0.2) is 18.3 Å². The lowest BCUT2D eigenvalue weighted by Crippen LogP contribution is -2.44. The number of morpholine rings is 1. The van der Waals surface area contributed by atoms with Gasteiger partial charge in [0.1, 0.15) is 17.0 Å². The van der Waals surface area contributed by atoms with Gasteiger partial charge >= 0.3 is 0 Å². The van der Waals surface area contributed by atoms with Crippen LogP contribution in [0.3, 0.4) is 0 Å². The zero-order valence-corrected chi connectivity index (χ0v) is 16.4. The van der Waals surface area contributed by atoms with Gasteiger partial charge in [-0.15, -0.1) is 0 Å². The van der Waals surface area contributed by atoms with Crippen LogP contribution in [0.2, 0.25) is 0 Å². The minimum atomic E-state index is 0.300. The molecule has 0 spiro atoms. The molecule has 2 saturated heterocycles. The number of aromatic nitrogens is 5. The third-order valence-corrected chi connectivity index (χ3v) is 5.89. The van der Waals surface area contributed by atoms with Gasteiger partial charge in [-0.1, -0.05) is 0 Å². The second-order valence-corrected chi connectivity index (χ2v) is 7.71. The van der Waals surface area contributed by atoms with Gasteiger partial charge < -0.3 is 14.4 Å². The summed E-state index contributed by atoms with van der Waals surface area (Å²) in [7, 11) is 2.00. The second kappa shape index (κ2) is 7.18. The smallest absolute Gasteiger partial charge is 0.136 e. The Kier molecular flexibility index (Phi) is 4.52. The Morgan fingerprint density at radius 3 is 2.79 bits per heavy atom. The maximum Gasteiger partial charge on any atom is 0.136 e. The van der Waals surface area contributed by atoms with Gasteiger partial charge in [-0.2, -0.15) is 10.2 Å². The van der Waals surface area contributed by atoms with Gasteiger partial charge in [-0.3, -0.25) is 9.78 Å². The van der Waals surface area contributed by atoms with Crippen molar-refractivity contribution in [3.8, 4) is 11.4 Å². The zero-order valence-electron chi connectivity index (χ0n) is 16.4. The average Bonchev–Trinajstić information content (AvgIpc) is 3.37. The zero-order chi connectivity index (χ0) is 19.1. The molecule has 3 aromatic rings. The minimum absolute atomic E-state index is 0.300. The molecule has 0 aliphatic carbocycles. The molecule has 0 radical (unpaired) electrons. The van der Waals surface area contributed by atoms with E-state index in [2.05, 4.69) is 28.1 Å². The molecule has 0 aromatic carbocycles. The van der Waals surface area contributed by atoms with E-state index in [0.29, 0.717) is 12.0 Å².